The van der Waals surface area contributed by atoms with Gasteiger partial charge in [-0.2, -0.15) is 0 Å². The van der Waals surface area contributed by atoms with Gasteiger partial charge in [0.25, 0.3) is 0 Å². The third kappa shape index (κ3) is 3.75. The number of hydrogen-bond donors (Lipinski definition) is 1. The number of primary amides is 1. The Labute approximate surface area is 251 Å². The zero-order valence-corrected chi connectivity index (χ0v) is 28.1. The van der Waals surface area contributed by atoms with E-state index >= 15 is 0 Å². The number of carbonyl (C=O) groups excluding carboxylic acids is 1. The van der Waals surface area contributed by atoms with Gasteiger partial charge in [0.05, 0.1) is 16.6 Å². The zero-order valence-electron chi connectivity index (χ0n) is 28.1. The van der Waals surface area contributed by atoms with Crippen LogP contribution in [0.2, 0.25) is 0 Å². The van der Waals surface area contributed by atoms with Crippen molar-refractivity contribution in [2.45, 2.75) is 145 Å². The van der Waals surface area contributed by atoms with Crippen LogP contribution in [-0.4, -0.2) is 24.2 Å². The van der Waals surface area contributed by atoms with Crippen LogP contribution in [-0.2, 0) is 14.1 Å². The van der Waals surface area contributed by atoms with E-state index in [0.717, 1.165) is 44.9 Å². The van der Waals surface area contributed by atoms with E-state index in [1.165, 1.54) is 18.3 Å². The molecule has 0 aromatic carbocycles. The Hall–Kier alpha value is -1.07. The van der Waals surface area contributed by atoms with Crippen LogP contribution in [0.1, 0.15) is 134 Å². The van der Waals surface area contributed by atoms with Crippen LogP contribution in [0.25, 0.3) is 0 Å². The first kappa shape index (κ1) is 30.0. The Morgan fingerprint density at radius 2 is 1.44 bits per heavy atom. The molecule has 1 saturated heterocycles. The molecule has 5 aliphatic carbocycles. The number of rotatable bonds is 2. The molecule has 228 valence electrons. The van der Waals surface area contributed by atoms with Crippen molar-refractivity contribution in [3.63, 3.8) is 0 Å². The molecule has 0 bridgehead atoms. The quantitative estimate of drug-likeness (QED) is 0.271. The first-order valence-electron chi connectivity index (χ1n) is 16.7. The van der Waals surface area contributed by atoms with Crippen LogP contribution < -0.4 is 5.73 Å². The van der Waals surface area contributed by atoms with Crippen molar-refractivity contribution in [3.8, 4) is 0 Å². The van der Waals surface area contributed by atoms with E-state index in [4.69, 9.17) is 15.0 Å². The molecule has 7 atom stereocenters. The second-order valence-electron chi connectivity index (χ2n) is 18.4. The van der Waals surface area contributed by atoms with E-state index in [0.29, 0.717) is 17.8 Å². The molecule has 6 rings (SSSR count). The molecule has 0 radical (unpaired) electrons. The van der Waals surface area contributed by atoms with Gasteiger partial charge in [0.1, 0.15) is 0 Å². The highest BCUT2D eigenvalue weighted by atomic mass is 16.7. The maximum Gasteiger partial charge on any atom is 0.490 e. The molecule has 2 N–H and O–H groups in total. The van der Waals surface area contributed by atoms with Crippen LogP contribution in [0.4, 0.5) is 0 Å². The normalized spacial score (nSPS) is 47.2. The van der Waals surface area contributed by atoms with Gasteiger partial charge in [0.2, 0.25) is 5.91 Å². The fourth-order valence-corrected chi connectivity index (χ4v) is 11.7. The van der Waals surface area contributed by atoms with E-state index in [9.17, 15) is 4.79 Å². The minimum atomic E-state index is -0.349. The summed E-state index contributed by atoms with van der Waals surface area (Å²) in [7, 11) is -0.266. The number of hydrogen-bond acceptors (Lipinski definition) is 3. The fraction of sp³-hybridized carbons (Fsp3) is 0.861. The van der Waals surface area contributed by atoms with Gasteiger partial charge in [-0.05, 0) is 136 Å². The number of nitrogens with two attached hydrogens (primary N) is 1. The van der Waals surface area contributed by atoms with Crippen molar-refractivity contribution < 1.29 is 14.1 Å². The summed E-state index contributed by atoms with van der Waals surface area (Å²) in [5.41, 5.74) is 9.01. The lowest BCUT2D eigenvalue weighted by Crippen LogP contribution is -2.64. The van der Waals surface area contributed by atoms with Crippen molar-refractivity contribution >= 4 is 13.0 Å². The van der Waals surface area contributed by atoms with Crippen LogP contribution in [0, 0.1) is 50.2 Å². The summed E-state index contributed by atoms with van der Waals surface area (Å²) >= 11 is 0. The van der Waals surface area contributed by atoms with Crippen molar-refractivity contribution in [2.75, 3.05) is 0 Å². The van der Waals surface area contributed by atoms with E-state index in [1.807, 2.05) is 0 Å². The monoisotopic (exact) mass is 563 g/mol. The maximum absolute atomic E-state index is 13.2. The molecule has 1 heterocycles. The Bertz CT molecular complexity index is 1200. The molecule has 1 amide bonds. The summed E-state index contributed by atoms with van der Waals surface area (Å²) in [6.45, 7) is 26.2. The summed E-state index contributed by atoms with van der Waals surface area (Å²) in [5, 5.41) is 0. The SMILES string of the molecule is CC1(C)CC[C@]2(C(N)=O)CC[C@]3(C)C(=CC[C@@H]4[C@@]5(C)CC=C(B6OC(C)(C)C(C)(C)O6)C(C)(C)C5CC[C@]43C)[C@@H]2C1. The third-order valence-corrected chi connectivity index (χ3v) is 15.3. The lowest BCUT2D eigenvalue weighted by atomic mass is 9.33. The van der Waals surface area contributed by atoms with E-state index in [-0.39, 0.29) is 56.7 Å². The molecule has 0 aromatic rings. The van der Waals surface area contributed by atoms with Crippen LogP contribution in [0.5, 0.6) is 0 Å². The Kier molecular flexibility index (Phi) is 6.25. The predicted molar refractivity (Wildman–Crippen MR) is 168 cm³/mol. The number of allylic oxidation sites excluding steroid dienone is 4. The van der Waals surface area contributed by atoms with Crippen LogP contribution in [0.15, 0.2) is 23.2 Å². The lowest BCUT2D eigenvalue weighted by Gasteiger charge is -2.70. The average Bonchev–Trinajstić information content (AvgIpc) is 3.04. The topological polar surface area (TPSA) is 61.6 Å². The summed E-state index contributed by atoms with van der Waals surface area (Å²) in [4.78, 5) is 13.2. The molecule has 4 fully saturated rings. The fourth-order valence-electron chi connectivity index (χ4n) is 11.7. The smallest absolute Gasteiger partial charge is 0.400 e. The van der Waals surface area contributed by atoms with Gasteiger partial charge in [0.15, 0.2) is 0 Å². The van der Waals surface area contributed by atoms with Gasteiger partial charge in [-0.15, -0.1) is 0 Å². The standard InChI is InChI=1S/C36H58BNO3/c1-29(2)18-20-36(28(38)39)21-19-34(10)23(24(36)22-29)12-13-26-33(9)16-15-27(37-40-31(5,6)32(7,8)41-37)30(3,4)25(33)14-17-35(26,34)11/h12,15,24-26H,13-14,16-22H2,1-11H3,(H2,38,39)/t24-,25?,26+,33-,34+,35+,36-/m0/s1. The molecule has 1 unspecified atom stereocenters. The second-order valence-corrected chi connectivity index (χ2v) is 18.4. The lowest BCUT2D eigenvalue weighted by molar-refractivity contribution is -0.168. The Morgan fingerprint density at radius 1 is 0.829 bits per heavy atom. The molecule has 4 nitrogen and oxygen atoms in total. The van der Waals surface area contributed by atoms with Crippen molar-refractivity contribution in [1.82, 2.24) is 0 Å². The van der Waals surface area contributed by atoms with E-state index < -0.39 is 0 Å². The van der Waals surface area contributed by atoms with Crippen molar-refractivity contribution in [3.05, 3.63) is 23.2 Å². The number of carbonyl (C=O) groups is 1. The molecular weight excluding hydrogens is 505 g/mol. The van der Waals surface area contributed by atoms with Crippen molar-refractivity contribution in [2.24, 2.45) is 56.0 Å². The summed E-state index contributed by atoms with van der Waals surface area (Å²) in [5.74, 6) is 1.44. The summed E-state index contributed by atoms with van der Waals surface area (Å²) in [6, 6.07) is 0. The molecule has 1 aliphatic heterocycles. The van der Waals surface area contributed by atoms with Gasteiger partial charge >= 0.3 is 7.12 Å². The first-order valence-corrected chi connectivity index (χ1v) is 16.7. The van der Waals surface area contributed by atoms with Gasteiger partial charge < -0.3 is 15.0 Å². The molecule has 41 heavy (non-hydrogen) atoms. The Balaban J connectivity index is 1.38. The highest BCUT2D eigenvalue weighted by molar-refractivity contribution is 6.55. The predicted octanol–water partition coefficient (Wildman–Crippen LogP) is 8.44. The minimum absolute atomic E-state index is 0.00146. The van der Waals surface area contributed by atoms with Crippen molar-refractivity contribution in [1.29, 1.82) is 0 Å². The van der Waals surface area contributed by atoms with E-state index in [2.05, 4.69) is 88.3 Å². The third-order valence-electron chi connectivity index (χ3n) is 15.3. The number of amides is 1. The van der Waals surface area contributed by atoms with Crippen LogP contribution in [0.3, 0.4) is 0 Å². The molecule has 0 aromatic heterocycles. The maximum atomic E-state index is 13.2. The van der Waals surface area contributed by atoms with Gasteiger partial charge in [-0.3, -0.25) is 4.79 Å². The molecule has 3 saturated carbocycles. The first-order chi connectivity index (χ1) is 18.7. The Morgan fingerprint density at radius 3 is 2.05 bits per heavy atom. The second kappa shape index (κ2) is 8.55. The average molecular weight is 564 g/mol. The van der Waals surface area contributed by atoms with Crippen LogP contribution >= 0.6 is 0 Å². The molecule has 6 aliphatic rings. The van der Waals surface area contributed by atoms with Gasteiger partial charge in [0, 0.05) is 0 Å². The summed E-state index contributed by atoms with van der Waals surface area (Å²) in [6.07, 6.45) is 15.0. The minimum Gasteiger partial charge on any atom is -0.400 e. The molecular formula is C36H58BNO3. The number of fused-ring (bicyclic) bond motifs is 7. The molecule has 5 heteroatoms. The van der Waals surface area contributed by atoms with Gasteiger partial charge in [-0.25, -0.2) is 0 Å². The van der Waals surface area contributed by atoms with E-state index in [1.54, 1.807) is 5.57 Å². The molecule has 0 spiro atoms. The van der Waals surface area contributed by atoms with Gasteiger partial charge in [-0.1, -0.05) is 66.2 Å². The highest BCUT2D eigenvalue weighted by Gasteiger charge is 2.69. The zero-order chi connectivity index (χ0) is 30.2. The summed E-state index contributed by atoms with van der Waals surface area (Å²) < 4.78 is 13.2. The highest BCUT2D eigenvalue weighted by Crippen LogP contribution is 2.75. The largest absolute Gasteiger partial charge is 0.490 e.